The van der Waals surface area contributed by atoms with Gasteiger partial charge in [0, 0.05) is 18.1 Å². The second kappa shape index (κ2) is 8.26. The van der Waals surface area contributed by atoms with Crippen LogP contribution in [0.25, 0.3) is 6.08 Å². The molecule has 2 atom stereocenters. The lowest BCUT2D eigenvalue weighted by Crippen LogP contribution is -2.44. The minimum Gasteiger partial charge on any atom is -0.444 e. The smallest absolute Gasteiger partial charge is 0.407 e. The van der Waals surface area contributed by atoms with Gasteiger partial charge in [-0.15, -0.1) is 0 Å². The molecule has 4 nitrogen and oxygen atoms in total. The summed E-state index contributed by atoms with van der Waals surface area (Å²) in [6.45, 7) is 5.68. The third-order valence-corrected chi connectivity index (χ3v) is 5.07. The summed E-state index contributed by atoms with van der Waals surface area (Å²) in [5.74, 6) is 0.660. The number of benzene rings is 1. The van der Waals surface area contributed by atoms with E-state index in [-0.39, 0.29) is 12.1 Å². The molecule has 1 amide bonds. The van der Waals surface area contributed by atoms with E-state index in [1.165, 1.54) is 12.0 Å². The van der Waals surface area contributed by atoms with E-state index in [0.29, 0.717) is 18.0 Å². The van der Waals surface area contributed by atoms with Crippen LogP contribution in [0.2, 0.25) is 0 Å². The molecule has 3 rings (SSSR count). The molecular weight excluding hydrogens is 324 g/mol. The number of carbonyl (C=O) groups is 1. The first-order valence-electron chi connectivity index (χ1n) is 9.88. The van der Waals surface area contributed by atoms with Gasteiger partial charge in [0.1, 0.15) is 5.60 Å². The summed E-state index contributed by atoms with van der Waals surface area (Å²) in [5.41, 5.74) is 0.837. The Kier molecular flexibility index (Phi) is 6.02. The van der Waals surface area contributed by atoms with Crippen LogP contribution in [0.15, 0.2) is 36.4 Å². The van der Waals surface area contributed by atoms with Crippen LogP contribution >= 0.6 is 0 Å². The highest BCUT2D eigenvalue weighted by Crippen LogP contribution is 2.34. The summed E-state index contributed by atoms with van der Waals surface area (Å²) in [5, 5.41) is 6.81. The summed E-state index contributed by atoms with van der Waals surface area (Å²) >= 11 is 0. The number of carbonyl (C=O) groups excluding carboxylic acids is 1. The largest absolute Gasteiger partial charge is 0.444 e. The molecular formula is C22H32N2O2. The summed E-state index contributed by atoms with van der Waals surface area (Å²) in [4.78, 5) is 11.9. The average molecular weight is 357 g/mol. The predicted octanol–water partition coefficient (Wildman–Crippen LogP) is 4.51. The molecule has 0 spiro atoms. The van der Waals surface area contributed by atoms with Gasteiger partial charge in [0.15, 0.2) is 0 Å². The fourth-order valence-corrected chi connectivity index (χ4v) is 3.60. The van der Waals surface area contributed by atoms with Crippen molar-refractivity contribution in [1.82, 2.24) is 10.6 Å². The van der Waals surface area contributed by atoms with Crippen LogP contribution in [0.3, 0.4) is 0 Å². The molecule has 0 heterocycles. The highest BCUT2D eigenvalue weighted by atomic mass is 16.6. The molecule has 1 aromatic rings. The molecule has 142 valence electrons. The van der Waals surface area contributed by atoms with Gasteiger partial charge in [-0.3, -0.25) is 0 Å². The number of rotatable bonds is 5. The normalized spacial score (nSPS) is 28.7. The van der Waals surface area contributed by atoms with Crippen molar-refractivity contribution in [3.63, 3.8) is 0 Å². The van der Waals surface area contributed by atoms with E-state index in [0.717, 1.165) is 25.7 Å². The van der Waals surface area contributed by atoms with Gasteiger partial charge in [-0.05, 0) is 64.4 Å². The van der Waals surface area contributed by atoms with Crippen molar-refractivity contribution in [3.8, 4) is 0 Å². The minimum absolute atomic E-state index is 0.246. The SMILES string of the molecule is CC(C)(C)OC(=O)NC1CCC(NC2C[C@@H]2/C=C/c2ccccc2)CC1. The third-order valence-electron chi connectivity index (χ3n) is 5.07. The predicted molar refractivity (Wildman–Crippen MR) is 106 cm³/mol. The van der Waals surface area contributed by atoms with Crippen LogP contribution in [-0.2, 0) is 4.74 Å². The lowest BCUT2D eigenvalue weighted by atomic mass is 9.91. The molecule has 2 fully saturated rings. The maximum absolute atomic E-state index is 11.9. The van der Waals surface area contributed by atoms with E-state index in [9.17, 15) is 4.79 Å². The van der Waals surface area contributed by atoms with Crippen LogP contribution in [0.1, 0.15) is 58.4 Å². The molecule has 2 aliphatic carbocycles. The number of amides is 1. The zero-order valence-corrected chi connectivity index (χ0v) is 16.2. The maximum Gasteiger partial charge on any atom is 0.407 e. The Hall–Kier alpha value is -1.81. The molecule has 0 saturated heterocycles. The third kappa shape index (κ3) is 6.17. The summed E-state index contributed by atoms with van der Waals surface area (Å²) < 4.78 is 5.35. The fraction of sp³-hybridized carbons (Fsp3) is 0.591. The number of nitrogens with one attached hydrogen (secondary N) is 2. The summed E-state index contributed by atoms with van der Waals surface area (Å²) in [6, 6.07) is 11.9. The van der Waals surface area contributed by atoms with Crippen LogP contribution in [0, 0.1) is 5.92 Å². The second-order valence-electron chi connectivity index (χ2n) is 8.64. The topological polar surface area (TPSA) is 50.4 Å². The zero-order chi connectivity index (χ0) is 18.6. The molecule has 2 aliphatic rings. The maximum atomic E-state index is 11.9. The van der Waals surface area contributed by atoms with Crippen molar-refractivity contribution >= 4 is 12.2 Å². The molecule has 1 aromatic carbocycles. The molecule has 0 aromatic heterocycles. The minimum atomic E-state index is -0.433. The number of alkyl carbamates (subject to hydrolysis) is 1. The van der Waals surface area contributed by atoms with Crippen molar-refractivity contribution in [2.75, 3.05) is 0 Å². The van der Waals surface area contributed by atoms with E-state index in [1.54, 1.807) is 0 Å². The lowest BCUT2D eigenvalue weighted by molar-refractivity contribution is 0.0489. The Morgan fingerprint density at radius 2 is 1.73 bits per heavy atom. The Bertz CT molecular complexity index is 613. The van der Waals surface area contributed by atoms with Crippen molar-refractivity contribution < 1.29 is 9.53 Å². The van der Waals surface area contributed by atoms with Crippen LogP contribution in [0.4, 0.5) is 4.79 Å². The van der Waals surface area contributed by atoms with Gasteiger partial charge < -0.3 is 15.4 Å². The monoisotopic (exact) mass is 356 g/mol. The second-order valence-corrected chi connectivity index (χ2v) is 8.64. The van der Waals surface area contributed by atoms with Crippen molar-refractivity contribution in [2.45, 2.75) is 76.6 Å². The number of hydrogen-bond donors (Lipinski definition) is 2. The van der Waals surface area contributed by atoms with Gasteiger partial charge in [0.2, 0.25) is 0 Å². The highest BCUT2D eigenvalue weighted by Gasteiger charge is 2.37. The average Bonchev–Trinajstić information content (AvgIpc) is 3.32. The number of hydrogen-bond acceptors (Lipinski definition) is 3. The fourth-order valence-electron chi connectivity index (χ4n) is 3.60. The van der Waals surface area contributed by atoms with Gasteiger partial charge >= 0.3 is 6.09 Å². The quantitative estimate of drug-likeness (QED) is 0.816. The van der Waals surface area contributed by atoms with E-state index in [1.807, 2.05) is 26.8 Å². The van der Waals surface area contributed by atoms with Crippen LogP contribution in [0.5, 0.6) is 0 Å². The first kappa shape index (κ1) is 19.0. The Labute approximate surface area is 157 Å². The molecule has 4 heteroatoms. The number of ether oxygens (including phenoxy) is 1. The Morgan fingerprint density at radius 3 is 2.38 bits per heavy atom. The molecule has 2 saturated carbocycles. The van der Waals surface area contributed by atoms with Gasteiger partial charge in [0.25, 0.3) is 0 Å². The van der Waals surface area contributed by atoms with Gasteiger partial charge in [-0.2, -0.15) is 0 Å². The van der Waals surface area contributed by atoms with Gasteiger partial charge in [0.05, 0.1) is 0 Å². The van der Waals surface area contributed by atoms with Gasteiger partial charge in [-0.25, -0.2) is 4.79 Å². The van der Waals surface area contributed by atoms with Gasteiger partial charge in [-0.1, -0.05) is 42.5 Å². The molecule has 0 radical (unpaired) electrons. The van der Waals surface area contributed by atoms with Crippen LogP contribution in [-0.4, -0.2) is 29.8 Å². The first-order chi connectivity index (χ1) is 12.4. The van der Waals surface area contributed by atoms with E-state index < -0.39 is 5.60 Å². The van der Waals surface area contributed by atoms with Crippen molar-refractivity contribution in [1.29, 1.82) is 0 Å². The molecule has 0 aliphatic heterocycles. The Morgan fingerprint density at radius 1 is 1.08 bits per heavy atom. The molecule has 2 N–H and O–H groups in total. The Balaban J connectivity index is 1.34. The molecule has 26 heavy (non-hydrogen) atoms. The molecule has 0 bridgehead atoms. The van der Waals surface area contributed by atoms with Crippen molar-refractivity contribution in [2.24, 2.45) is 5.92 Å². The lowest BCUT2D eigenvalue weighted by Gasteiger charge is -2.30. The van der Waals surface area contributed by atoms with Crippen molar-refractivity contribution in [3.05, 3.63) is 42.0 Å². The summed E-state index contributed by atoms with van der Waals surface area (Å²) in [6.07, 6.45) is 9.79. The van der Waals surface area contributed by atoms with E-state index in [4.69, 9.17) is 4.74 Å². The van der Waals surface area contributed by atoms with E-state index in [2.05, 4.69) is 47.1 Å². The zero-order valence-electron chi connectivity index (χ0n) is 16.2. The standard InChI is InChI=1S/C22H32N2O2/c1-22(2,3)26-21(25)24-19-13-11-18(12-14-19)23-20-15-17(20)10-9-16-7-5-4-6-8-16/h4-10,17-20,23H,11-15H2,1-3H3,(H,24,25)/b10-9+/t17-,18?,19?,20?/m0/s1. The molecule has 1 unspecified atom stereocenters. The summed E-state index contributed by atoms with van der Waals surface area (Å²) in [7, 11) is 0. The first-order valence-corrected chi connectivity index (χ1v) is 9.88. The van der Waals surface area contributed by atoms with Crippen LogP contribution < -0.4 is 10.6 Å². The highest BCUT2D eigenvalue weighted by molar-refractivity contribution is 5.68. The van der Waals surface area contributed by atoms with E-state index >= 15 is 0 Å².